The Balaban J connectivity index is 1.86. The molecule has 21 heavy (non-hydrogen) atoms. The molecular weight excluding hydrogens is 256 g/mol. The monoisotopic (exact) mass is 278 g/mol. The van der Waals surface area contributed by atoms with E-state index >= 15 is 0 Å². The van der Waals surface area contributed by atoms with E-state index in [0.29, 0.717) is 0 Å². The normalized spacial score (nSPS) is 16.7. The minimum Gasteiger partial charge on any atom is -0.369 e. The van der Waals surface area contributed by atoms with Crippen molar-refractivity contribution >= 4 is 5.69 Å². The molecule has 0 atom stereocenters. The molecule has 108 valence electrons. The second-order valence-corrected chi connectivity index (χ2v) is 6.02. The Bertz CT molecular complexity index is 669. The molecule has 0 unspecified atom stereocenters. The van der Waals surface area contributed by atoms with Gasteiger partial charge in [-0.25, -0.2) is 0 Å². The molecule has 2 aromatic rings. The van der Waals surface area contributed by atoms with E-state index < -0.39 is 0 Å². The van der Waals surface area contributed by atoms with Crippen molar-refractivity contribution in [2.75, 3.05) is 31.1 Å². The molecule has 2 heteroatoms. The van der Waals surface area contributed by atoms with E-state index in [-0.39, 0.29) is 0 Å². The molecule has 1 heterocycles. The zero-order valence-electron chi connectivity index (χ0n) is 12.7. The summed E-state index contributed by atoms with van der Waals surface area (Å²) in [6, 6.07) is 13.6. The van der Waals surface area contributed by atoms with E-state index in [0.717, 1.165) is 39.0 Å². The van der Waals surface area contributed by atoms with Crippen LogP contribution in [0.5, 0.6) is 0 Å². The Morgan fingerprint density at radius 1 is 1.05 bits per heavy atom. The summed E-state index contributed by atoms with van der Waals surface area (Å²) in [4.78, 5) is 2.56. The second kappa shape index (κ2) is 5.19. The maximum Gasteiger partial charge on any atom is 0.0409 e. The Morgan fingerprint density at radius 2 is 1.86 bits per heavy atom. The average Bonchev–Trinajstić information content (AvgIpc) is 2.94. The third-order valence-electron chi connectivity index (χ3n) is 4.87. The summed E-state index contributed by atoms with van der Waals surface area (Å²) in [5.74, 6) is 0. The molecule has 2 nitrogen and oxygen atoms in total. The minimum absolute atomic E-state index is 1.09. The van der Waals surface area contributed by atoms with Crippen LogP contribution in [-0.4, -0.2) is 26.2 Å². The number of rotatable bonds is 2. The number of nitrogens with zero attached hydrogens (tertiary/aromatic N) is 1. The smallest absolute Gasteiger partial charge is 0.0409 e. The lowest BCUT2D eigenvalue weighted by molar-refractivity contribution is 0.588. The Morgan fingerprint density at radius 3 is 2.67 bits per heavy atom. The van der Waals surface area contributed by atoms with Crippen LogP contribution in [0.1, 0.15) is 23.6 Å². The Kier molecular flexibility index (Phi) is 3.19. The first kappa shape index (κ1) is 12.9. The lowest BCUT2D eigenvalue weighted by Crippen LogP contribution is -2.43. The molecule has 0 spiro atoms. The fourth-order valence-electron chi connectivity index (χ4n) is 3.81. The molecule has 1 N–H and O–H groups in total. The van der Waals surface area contributed by atoms with E-state index in [1.807, 2.05) is 0 Å². The van der Waals surface area contributed by atoms with Gasteiger partial charge in [-0.2, -0.15) is 0 Å². The van der Waals surface area contributed by atoms with E-state index in [2.05, 4.69) is 53.5 Å². The summed E-state index contributed by atoms with van der Waals surface area (Å²) in [5.41, 5.74) is 8.97. The van der Waals surface area contributed by atoms with Gasteiger partial charge >= 0.3 is 0 Å². The quantitative estimate of drug-likeness (QED) is 0.774. The standard InChI is InChI=1S/C19H22N2/c1-2-14-7-8-18(21-11-9-20-10-12-21)17-13-15-5-3-4-6-16(15)19(14)17/h3-8,20H,2,9-13H2,1H3. The van der Waals surface area contributed by atoms with Gasteiger partial charge in [0.25, 0.3) is 0 Å². The molecule has 1 aliphatic heterocycles. The molecule has 0 amide bonds. The minimum atomic E-state index is 1.09. The lowest BCUT2D eigenvalue weighted by atomic mass is 9.96. The fraction of sp³-hybridized carbons (Fsp3) is 0.368. The number of hydrogen-bond acceptors (Lipinski definition) is 2. The summed E-state index contributed by atoms with van der Waals surface area (Å²) in [7, 11) is 0. The Hall–Kier alpha value is -1.80. The topological polar surface area (TPSA) is 15.3 Å². The molecule has 0 saturated carbocycles. The first-order chi connectivity index (χ1) is 10.4. The third-order valence-corrected chi connectivity index (χ3v) is 4.87. The van der Waals surface area contributed by atoms with Crippen LogP contribution in [0.15, 0.2) is 36.4 Å². The SMILES string of the molecule is CCc1ccc(N2CCNCC2)c2c1-c1ccccc1C2. The maximum atomic E-state index is 3.45. The van der Waals surface area contributed by atoms with E-state index in [9.17, 15) is 0 Å². The van der Waals surface area contributed by atoms with E-state index in [1.165, 1.54) is 27.9 Å². The highest BCUT2D eigenvalue weighted by Crippen LogP contribution is 2.43. The summed E-state index contributed by atoms with van der Waals surface area (Å²) in [6.07, 6.45) is 2.21. The largest absolute Gasteiger partial charge is 0.369 e. The second-order valence-electron chi connectivity index (χ2n) is 6.02. The van der Waals surface area contributed by atoms with E-state index in [4.69, 9.17) is 0 Å². The highest BCUT2D eigenvalue weighted by Gasteiger charge is 2.25. The van der Waals surface area contributed by atoms with Crippen molar-refractivity contribution in [3.63, 3.8) is 0 Å². The van der Waals surface area contributed by atoms with Crippen molar-refractivity contribution < 1.29 is 0 Å². The Labute approximate surface area is 126 Å². The zero-order chi connectivity index (χ0) is 14.2. The number of piperazine rings is 1. The van der Waals surface area contributed by atoms with Crippen LogP contribution in [-0.2, 0) is 12.8 Å². The van der Waals surface area contributed by atoms with Crippen molar-refractivity contribution in [2.45, 2.75) is 19.8 Å². The van der Waals surface area contributed by atoms with Crippen LogP contribution in [0, 0.1) is 0 Å². The molecule has 0 bridgehead atoms. The number of hydrogen-bond donors (Lipinski definition) is 1. The number of nitrogens with one attached hydrogen (secondary N) is 1. The first-order valence-corrected chi connectivity index (χ1v) is 8.07. The third kappa shape index (κ3) is 2.06. The summed E-state index contributed by atoms with van der Waals surface area (Å²) < 4.78 is 0. The summed E-state index contributed by atoms with van der Waals surface area (Å²) >= 11 is 0. The predicted octanol–water partition coefficient (Wildman–Crippen LogP) is 3.23. The van der Waals surface area contributed by atoms with Crippen LogP contribution in [0.4, 0.5) is 5.69 Å². The molecule has 1 aliphatic carbocycles. The number of benzene rings is 2. The lowest BCUT2D eigenvalue weighted by Gasteiger charge is -2.31. The van der Waals surface area contributed by atoms with Gasteiger partial charge in [0, 0.05) is 38.3 Å². The molecule has 2 aliphatic rings. The average molecular weight is 278 g/mol. The van der Waals surface area contributed by atoms with E-state index in [1.54, 1.807) is 5.56 Å². The maximum absolute atomic E-state index is 3.45. The van der Waals surface area contributed by atoms with Gasteiger partial charge in [-0.3, -0.25) is 0 Å². The number of fused-ring (bicyclic) bond motifs is 3. The van der Waals surface area contributed by atoms with Gasteiger partial charge in [0.05, 0.1) is 0 Å². The molecule has 1 saturated heterocycles. The fourth-order valence-corrected chi connectivity index (χ4v) is 3.81. The molecule has 0 aromatic heterocycles. The van der Waals surface area contributed by atoms with Crippen molar-refractivity contribution in [3.8, 4) is 11.1 Å². The first-order valence-electron chi connectivity index (χ1n) is 8.07. The van der Waals surface area contributed by atoms with Gasteiger partial charge in [0.2, 0.25) is 0 Å². The molecule has 0 radical (unpaired) electrons. The van der Waals surface area contributed by atoms with Crippen LogP contribution < -0.4 is 10.2 Å². The van der Waals surface area contributed by atoms with Crippen LogP contribution in [0.3, 0.4) is 0 Å². The van der Waals surface area contributed by atoms with Crippen molar-refractivity contribution in [1.29, 1.82) is 0 Å². The number of aryl methyl sites for hydroxylation is 1. The molecular formula is C19H22N2. The van der Waals surface area contributed by atoms with Crippen molar-refractivity contribution in [2.24, 2.45) is 0 Å². The van der Waals surface area contributed by atoms with Crippen LogP contribution in [0.25, 0.3) is 11.1 Å². The van der Waals surface area contributed by atoms with Gasteiger partial charge < -0.3 is 10.2 Å². The highest BCUT2D eigenvalue weighted by atomic mass is 15.2. The van der Waals surface area contributed by atoms with Gasteiger partial charge in [0.15, 0.2) is 0 Å². The van der Waals surface area contributed by atoms with Crippen molar-refractivity contribution in [3.05, 3.63) is 53.1 Å². The molecule has 2 aromatic carbocycles. The highest BCUT2D eigenvalue weighted by molar-refractivity contribution is 5.84. The van der Waals surface area contributed by atoms with Gasteiger partial charge in [0.1, 0.15) is 0 Å². The van der Waals surface area contributed by atoms with Gasteiger partial charge in [-0.05, 0) is 40.3 Å². The zero-order valence-corrected chi connectivity index (χ0v) is 12.7. The van der Waals surface area contributed by atoms with Crippen LogP contribution >= 0.6 is 0 Å². The molecule has 1 fully saturated rings. The van der Waals surface area contributed by atoms with Gasteiger partial charge in [-0.1, -0.05) is 37.3 Å². The number of anilines is 1. The molecule has 4 rings (SSSR count). The summed E-state index contributed by atoms with van der Waals surface area (Å²) in [6.45, 7) is 6.69. The van der Waals surface area contributed by atoms with Crippen molar-refractivity contribution in [1.82, 2.24) is 5.32 Å². The van der Waals surface area contributed by atoms with Gasteiger partial charge in [-0.15, -0.1) is 0 Å². The van der Waals surface area contributed by atoms with Crippen LogP contribution in [0.2, 0.25) is 0 Å². The predicted molar refractivity (Wildman–Crippen MR) is 89.1 cm³/mol. The summed E-state index contributed by atoms with van der Waals surface area (Å²) in [5, 5.41) is 3.45.